The molecule has 9 heteroatoms. The van der Waals surface area contributed by atoms with Crippen LogP contribution in [0.15, 0.2) is 30.3 Å². The topological polar surface area (TPSA) is 86.8 Å². The summed E-state index contributed by atoms with van der Waals surface area (Å²) >= 11 is 0. The quantitative estimate of drug-likeness (QED) is 0.348. The molecule has 1 aromatic heterocycles. The first kappa shape index (κ1) is 32.0. The molecule has 2 amide bonds. The minimum atomic E-state index is -0.493. The summed E-state index contributed by atoms with van der Waals surface area (Å²) in [6, 6.07) is 9.85. The average Bonchev–Trinajstić information content (AvgIpc) is 2.97. The Hall–Kier alpha value is -2.94. The number of alkyl halides is 1. The number of nitrogens with zero attached hydrogens (tertiary/aromatic N) is 3. The standard InChI is InChI=1S/C33H50FN5O3/c1-33(2,3)42-32(41)36-23-26-11-9-25(10-12-26)22-35-31(40)28-21-30(37-29-8-6-5-7-27(28)29)39-18-14-24(15-19-39)13-17-38(4)20-16-34/h5-8,21,24-26H,9-20,22-23H2,1-4H3,(H,35,40)(H,36,41). The molecule has 2 heterocycles. The average molecular weight is 584 g/mol. The van der Waals surface area contributed by atoms with Gasteiger partial charge in [0.25, 0.3) is 5.91 Å². The first-order valence-corrected chi connectivity index (χ1v) is 15.8. The number of piperidine rings is 1. The number of amides is 2. The Labute approximate surface area is 250 Å². The van der Waals surface area contributed by atoms with Crippen LogP contribution in [0.2, 0.25) is 0 Å². The lowest BCUT2D eigenvalue weighted by Gasteiger charge is -2.34. The summed E-state index contributed by atoms with van der Waals surface area (Å²) in [6.45, 7) is 9.84. The number of fused-ring (bicyclic) bond motifs is 1. The molecule has 4 rings (SSSR count). The molecule has 0 spiro atoms. The normalized spacial score (nSPS) is 20.1. The molecule has 8 nitrogen and oxygen atoms in total. The fraction of sp³-hybridized carbons (Fsp3) is 0.667. The molecule has 232 valence electrons. The van der Waals surface area contributed by atoms with E-state index in [9.17, 15) is 14.0 Å². The van der Waals surface area contributed by atoms with Gasteiger partial charge in [0.2, 0.25) is 0 Å². The number of nitrogens with one attached hydrogen (secondary N) is 2. The SMILES string of the molecule is CN(CCF)CCC1CCN(c2cc(C(=O)NCC3CCC(CNC(=O)OC(C)(C)C)CC3)c3ccccc3n2)CC1. The zero-order valence-electron chi connectivity index (χ0n) is 26.0. The van der Waals surface area contributed by atoms with E-state index in [2.05, 4.69) is 20.4 Å². The first-order chi connectivity index (χ1) is 20.1. The minimum Gasteiger partial charge on any atom is -0.444 e. The maximum Gasteiger partial charge on any atom is 0.407 e. The zero-order chi connectivity index (χ0) is 30.1. The molecule has 1 aliphatic carbocycles. The van der Waals surface area contributed by atoms with Gasteiger partial charge in [0.05, 0.1) is 11.1 Å². The summed E-state index contributed by atoms with van der Waals surface area (Å²) in [7, 11) is 1.98. The smallest absolute Gasteiger partial charge is 0.407 e. The van der Waals surface area contributed by atoms with Crippen molar-refractivity contribution in [2.24, 2.45) is 17.8 Å². The number of benzene rings is 1. The number of rotatable bonds is 11. The van der Waals surface area contributed by atoms with E-state index in [4.69, 9.17) is 9.72 Å². The van der Waals surface area contributed by atoms with Gasteiger partial charge in [-0.05, 0) is 109 Å². The largest absolute Gasteiger partial charge is 0.444 e. The molecule has 2 N–H and O–H groups in total. The van der Waals surface area contributed by atoms with Crippen LogP contribution < -0.4 is 15.5 Å². The third kappa shape index (κ3) is 9.54. The Bertz CT molecular complexity index is 1170. The Balaban J connectivity index is 1.29. The van der Waals surface area contributed by atoms with E-state index < -0.39 is 5.60 Å². The second kappa shape index (κ2) is 15.0. The van der Waals surface area contributed by atoms with E-state index in [-0.39, 0.29) is 18.7 Å². The summed E-state index contributed by atoms with van der Waals surface area (Å²) in [5.74, 6) is 2.33. The molecule has 2 aromatic rings. The molecule has 2 fully saturated rings. The van der Waals surface area contributed by atoms with Gasteiger partial charge in [0.1, 0.15) is 18.1 Å². The van der Waals surface area contributed by atoms with Gasteiger partial charge in [0, 0.05) is 38.1 Å². The van der Waals surface area contributed by atoms with Gasteiger partial charge < -0.3 is 25.2 Å². The fourth-order valence-corrected chi connectivity index (χ4v) is 6.13. The number of hydrogen-bond acceptors (Lipinski definition) is 6. The Morgan fingerprint density at radius 1 is 0.976 bits per heavy atom. The van der Waals surface area contributed by atoms with Gasteiger partial charge in [-0.15, -0.1) is 0 Å². The lowest BCUT2D eigenvalue weighted by atomic mass is 9.82. The Morgan fingerprint density at radius 3 is 2.26 bits per heavy atom. The number of carbonyl (C=O) groups is 2. The number of para-hydroxylation sites is 1. The highest BCUT2D eigenvalue weighted by Crippen LogP contribution is 2.30. The number of pyridine rings is 1. The molecule has 0 atom stereocenters. The van der Waals surface area contributed by atoms with Crippen molar-refractivity contribution in [2.75, 3.05) is 57.9 Å². The number of anilines is 1. The highest BCUT2D eigenvalue weighted by molar-refractivity contribution is 6.07. The monoisotopic (exact) mass is 583 g/mol. The molecular formula is C33H50FN5O3. The van der Waals surface area contributed by atoms with Gasteiger partial charge in [-0.1, -0.05) is 18.2 Å². The summed E-state index contributed by atoms with van der Waals surface area (Å²) in [4.78, 5) is 34.8. The summed E-state index contributed by atoms with van der Waals surface area (Å²) in [6.07, 6.45) is 7.00. The van der Waals surface area contributed by atoms with E-state index in [1.54, 1.807) is 0 Å². The number of alkyl carbamates (subject to hydrolysis) is 1. The maximum absolute atomic E-state index is 13.5. The van der Waals surface area contributed by atoms with E-state index in [0.29, 0.717) is 43.0 Å². The van der Waals surface area contributed by atoms with Gasteiger partial charge in [-0.3, -0.25) is 4.79 Å². The van der Waals surface area contributed by atoms with Crippen LogP contribution >= 0.6 is 0 Å². The van der Waals surface area contributed by atoms with E-state index >= 15 is 0 Å². The predicted octanol–water partition coefficient (Wildman–Crippen LogP) is 5.80. The fourth-order valence-electron chi connectivity index (χ4n) is 6.13. The van der Waals surface area contributed by atoms with Gasteiger partial charge in [0.15, 0.2) is 0 Å². The summed E-state index contributed by atoms with van der Waals surface area (Å²) in [5.41, 5.74) is 1.03. The first-order valence-electron chi connectivity index (χ1n) is 15.8. The van der Waals surface area contributed by atoms with Gasteiger partial charge in [-0.25, -0.2) is 14.2 Å². The van der Waals surface area contributed by atoms with Crippen molar-refractivity contribution in [3.05, 3.63) is 35.9 Å². The Kier molecular flexibility index (Phi) is 11.4. The van der Waals surface area contributed by atoms with Crippen molar-refractivity contribution in [1.29, 1.82) is 0 Å². The van der Waals surface area contributed by atoms with Crippen LogP contribution in [-0.4, -0.2) is 80.5 Å². The van der Waals surface area contributed by atoms with Crippen LogP contribution in [0.1, 0.15) is 76.1 Å². The minimum absolute atomic E-state index is 0.0469. The van der Waals surface area contributed by atoms with Crippen molar-refractivity contribution in [3.8, 4) is 0 Å². The third-order valence-corrected chi connectivity index (χ3v) is 8.72. The van der Waals surface area contributed by atoms with Crippen molar-refractivity contribution in [1.82, 2.24) is 20.5 Å². The second-order valence-electron chi connectivity index (χ2n) is 13.2. The Morgan fingerprint density at radius 2 is 1.62 bits per heavy atom. The molecular weight excluding hydrogens is 533 g/mol. The van der Waals surface area contributed by atoms with Crippen molar-refractivity contribution in [2.45, 2.75) is 71.3 Å². The highest BCUT2D eigenvalue weighted by Gasteiger charge is 2.25. The van der Waals surface area contributed by atoms with E-state index in [0.717, 1.165) is 81.3 Å². The number of halogens is 1. The summed E-state index contributed by atoms with van der Waals surface area (Å²) in [5, 5.41) is 7.00. The maximum atomic E-state index is 13.5. The molecule has 1 aliphatic heterocycles. The molecule has 0 radical (unpaired) electrons. The van der Waals surface area contributed by atoms with Crippen molar-refractivity contribution < 1.29 is 18.7 Å². The van der Waals surface area contributed by atoms with Crippen LogP contribution in [0, 0.1) is 17.8 Å². The molecule has 42 heavy (non-hydrogen) atoms. The predicted molar refractivity (Wildman–Crippen MR) is 167 cm³/mol. The lowest BCUT2D eigenvalue weighted by molar-refractivity contribution is 0.0512. The van der Waals surface area contributed by atoms with Gasteiger partial charge >= 0.3 is 6.09 Å². The van der Waals surface area contributed by atoms with Crippen LogP contribution in [-0.2, 0) is 4.74 Å². The van der Waals surface area contributed by atoms with E-state index in [1.165, 1.54) is 0 Å². The van der Waals surface area contributed by atoms with Crippen LogP contribution in [0.25, 0.3) is 10.9 Å². The summed E-state index contributed by atoms with van der Waals surface area (Å²) < 4.78 is 17.9. The second-order valence-corrected chi connectivity index (χ2v) is 13.2. The number of aromatic nitrogens is 1. The third-order valence-electron chi connectivity index (χ3n) is 8.72. The highest BCUT2D eigenvalue weighted by atomic mass is 19.1. The van der Waals surface area contributed by atoms with Crippen LogP contribution in [0.4, 0.5) is 15.0 Å². The van der Waals surface area contributed by atoms with Gasteiger partial charge in [-0.2, -0.15) is 0 Å². The number of carbonyl (C=O) groups excluding carboxylic acids is 2. The van der Waals surface area contributed by atoms with Crippen LogP contribution in [0.5, 0.6) is 0 Å². The lowest BCUT2D eigenvalue weighted by Crippen LogP contribution is -2.37. The molecule has 1 saturated heterocycles. The molecule has 2 aliphatic rings. The molecule has 1 aromatic carbocycles. The zero-order valence-corrected chi connectivity index (χ0v) is 26.0. The van der Waals surface area contributed by atoms with Crippen molar-refractivity contribution in [3.63, 3.8) is 0 Å². The molecule has 1 saturated carbocycles. The molecule has 0 unspecified atom stereocenters. The van der Waals surface area contributed by atoms with Crippen LogP contribution in [0.3, 0.4) is 0 Å². The number of ether oxygens (including phenoxy) is 1. The van der Waals surface area contributed by atoms with Crippen molar-refractivity contribution >= 4 is 28.7 Å². The molecule has 0 bridgehead atoms. The number of hydrogen-bond donors (Lipinski definition) is 2. The van der Waals surface area contributed by atoms with E-state index in [1.807, 2.05) is 58.2 Å².